The fraction of sp³-hybridized carbons (Fsp3) is 0.194. The molecule has 0 aliphatic heterocycles. The summed E-state index contributed by atoms with van der Waals surface area (Å²) >= 11 is 3.69. The Hall–Kier alpha value is -6.42. The molecule has 0 heterocycles. The van der Waals surface area contributed by atoms with Gasteiger partial charge in [-0.3, -0.25) is 0 Å². The van der Waals surface area contributed by atoms with Gasteiger partial charge in [-0.2, -0.15) is 0 Å². The number of halogens is 1. The fourth-order valence-electron chi connectivity index (χ4n) is 9.67. The van der Waals surface area contributed by atoms with Crippen molar-refractivity contribution in [3.63, 3.8) is 0 Å². The van der Waals surface area contributed by atoms with Crippen LogP contribution in [-0.4, -0.2) is 0 Å². The zero-order chi connectivity index (χ0) is 45.8. The maximum atomic E-state index is 3.69. The Balaban J connectivity index is 1.16. The highest BCUT2D eigenvalue weighted by Gasteiger charge is 2.25. The Morgan fingerprint density at radius 2 is 0.708 bits per heavy atom. The van der Waals surface area contributed by atoms with Gasteiger partial charge < -0.3 is 9.80 Å². The topological polar surface area (TPSA) is 6.48 Å². The lowest BCUT2D eigenvalue weighted by molar-refractivity contribution is 0.589. The Bertz CT molecular complexity index is 3150. The SMILES string of the molecule is Cc1cc(C(C)(C)C)cc(C)c1N(c1ccc(Br)cc1)c1ccc(N(c2ccc(-c3ccc(-c4cccc5ccccc45)c4ccccc34)cc2)c2c(C)cc(C(C)(C)C)cc2C)cc1. The molecule has 0 bridgehead atoms. The van der Waals surface area contributed by atoms with Crippen molar-refractivity contribution >= 4 is 71.6 Å². The third kappa shape index (κ3) is 8.51. The molecule has 0 spiro atoms. The van der Waals surface area contributed by atoms with E-state index in [9.17, 15) is 0 Å². The van der Waals surface area contributed by atoms with E-state index in [2.05, 4.69) is 271 Å². The van der Waals surface area contributed by atoms with E-state index >= 15 is 0 Å². The van der Waals surface area contributed by atoms with E-state index in [1.165, 1.54) is 88.6 Å². The summed E-state index contributed by atoms with van der Waals surface area (Å²) in [6.45, 7) is 22.8. The van der Waals surface area contributed by atoms with E-state index in [0.717, 1.165) is 27.2 Å². The lowest BCUT2D eigenvalue weighted by atomic mass is 9.84. The molecular weight excluding hydrogens is 853 g/mol. The predicted octanol–water partition coefficient (Wildman–Crippen LogP) is 18.9. The first-order valence-corrected chi connectivity index (χ1v) is 23.7. The summed E-state index contributed by atoms with van der Waals surface area (Å²) in [6.07, 6.45) is 0. The van der Waals surface area contributed by atoms with Crippen molar-refractivity contribution in [2.75, 3.05) is 9.80 Å². The molecule has 0 aromatic heterocycles. The Morgan fingerprint density at radius 3 is 1.17 bits per heavy atom. The summed E-state index contributed by atoms with van der Waals surface area (Å²) in [5.41, 5.74) is 19.6. The molecule has 0 saturated carbocycles. The van der Waals surface area contributed by atoms with Gasteiger partial charge in [0.15, 0.2) is 0 Å². The average molecular weight is 912 g/mol. The van der Waals surface area contributed by atoms with Crippen molar-refractivity contribution < 1.29 is 0 Å². The standard InChI is InChI=1S/C62H59BrN2/c1-40-36-46(61(5,6)7)37-41(2)59(40)64(51-30-32-52(33-31-51)65(50-28-24-48(63)25-29-50)60-42(3)38-47(39-43(60)4)62(8,9)10)49-26-22-45(23-27-49)54-34-35-58(57-20-14-13-19-55(54)57)56-21-15-17-44-16-11-12-18-53(44)56/h11-39H,1-10H3. The van der Waals surface area contributed by atoms with Crippen molar-refractivity contribution in [2.45, 2.75) is 80.1 Å². The van der Waals surface area contributed by atoms with Crippen LogP contribution in [-0.2, 0) is 10.8 Å². The molecule has 0 N–H and O–H groups in total. The zero-order valence-corrected chi connectivity index (χ0v) is 41.1. The van der Waals surface area contributed by atoms with Gasteiger partial charge in [0.2, 0.25) is 0 Å². The number of hydrogen-bond donors (Lipinski definition) is 0. The van der Waals surface area contributed by atoms with Crippen molar-refractivity contribution in [3.8, 4) is 22.3 Å². The second-order valence-electron chi connectivity index (χ2n) is 19.9. The van der Waals surface area contributed by atoms with Gasteiger partial charge in [-0.25, -0.2) is 0 Å². The Labute approximate surface area is 395 Å². The maximum Gasteiger partial charge on any atom is 0.0520 e. The summed E-state index contributed by atoms with van der Waals surface area (Å²) in [5.74, 6) is 0. The van der Waals surface area contributed by atoms with E-state index in [1.807, 2.05) is 0 Å². The maximum absolute atomic E-state index is 3.69. The Morgan fingerprint density at radius 1 is 0.354 bits per heavy atom. The molecule has 3 heteroatoms. The first kappa shape index (κ1) is 43.8. The number of anilines is 6. The van der Waals surface area contributed by atoms with Gasteiger partial charge in [-0.15, -0.1) is 0 Å². The molecule has 2 nitrogen and oxygen atoms in total. The number of fused-ring (bicyclic) bond motifs is 2. The highest BCUT2D eigenvalue weighted by molar-refractivity contribution is 9.10. The molecule has 65 heavy (non-hydrogen) atoms. The summed E-state index contributed by atoms with van der Waals surface area (Å²) in [4.78, 5) is 4.86. The molecule has 0 radical (unpaired) electrons. The predicted molar refractivity (Wildman–Crippen MR) is 286 cm³/mol. The van der Waals surface area contributed by atoms with Crippen molar-refractivity contribution in [1.82, 2.24) is 0 Å². The molecular formula is C62H59BrN2. The van der Waals surface area contributed by atoms with Crippen LogP contribution in [0.3, 0.4) is 0 Å². The smallest absolute Gasteiger partial charge is 0.0520 e. The number of benzene rings is 9. The van der Waals surface area contributed by atoms with E-state index in [4.69, 9.17) is 0 Å². The molecule has 0 aliphatic carbocycles. The van der Waals surface area contributed by atoms with Crippen LogP contribution >= 0.6 is 15.9 Å². The van der Waals surface area contributed by atoms with Crippen LogP contribution in [0.2, 0.25) is 0 Å². The lowest BCUT2D eigenvalue weighted by Crippen LogP contribution is -2.17. The largest absolute Gasteiger partial charge is 0.310 e. The number of hydrogen-bond acceptors (Lipinski definition) is 2. The highest BCUT2D eigenvalue weighted by atomic mass is 79.9. The van der Waals surface area contributed by atoms with Gasteiger partial charge in [0.1, 0.15) is 0 Å². The second-order valence-corrected chi connectivity index (χ2v) is 20.8. The minimum atomic E-state index is 0.0337. The average Bonchev–Trinajstić information content (AvgIpc) is 3.28. The number of nitrogens with zero attached hydrogens (tertiary/aromatic N) is 2. The van der Waals surface area contributed by atoms with Crippen LogP contribution in [0.4, 0.5) is 34.1 Å². The lowest BCUT2D eigenvalue weighted by Gasteiger charge is -2.33. The van der Waals surface area contributed by atoms with Crippen LogP contribution in [0.1, 0.15) is 74.9 Å². The first-order valence-electron chi connectivity index (χ1n) is 22.9. The second kappa shape index (κ2) is 17.2. The third-order valence-corrected chi connectivity index (χ3v) is 13.6. The third-order valence-electron chi connectivity index (χ3n) is 13.1. The molecule has 324 valence electrons. The van der Waals surface area contributed by atoms with Crippen LogP contribution in [0.5, 0.6) is 0 Å². The van der Waals surface area contributed by atoms with Gasteiger partial charge >= 0.3 is 0 Å². The number of rotatable bonds is 8. The van der Waals surface area contributed by atoms with Gasteiger partial charge in [-0.1, -0.05) is 173 Å². The van der Waals surface area contributed by atoms with Crippen LogP contribution in [0.25, 0.3) is 43.8 Å². The van der Waals surface area contributed by atoms with Crippen molar-refractivity contribution in [1.29, 1.82) is 0 Å². The summed E-state index contributed by atoms with van der Waals surface area (Å²) in [7, 11) is 0. The molecule has 9 aromatic carbocycles. The monoisotopic (exact) mass is 910 g/mol. The highest BCUT2D eigenvalue weighted by Crippen LogP contribution is 2.46. The molecule has 0 amide bonds. The van der Waals surface area contributed by atoms with Crippen LogP contribution < -0.4 is 9.80 Å². The van der Waals surface area contributed by atoms with E-state index < -0.39 is 0 Å². The molecule has 9 rings (SSSR count). The normalized spacial score (nSPS) is 11.9. The summed E-state index contributed by atoms with van der Waals surface area (Å²) in [5, 5.41) is 5.03. The molecule has 0 saturated heterocycles. The molecule has 0 fully saturated rings. The molecule has 0 unspecified atom stereocenters. The van der Waals surface area contributed by atoms with Gasteiger partial charge in [0.05, 0.1) is 11.4 Å². The molecule has 9 aromatic rings. The van der Waals surface area contributed by atoms with Gasteiger partial charge in [0, 0.05) is 27.2 Å². The van der Waals surface area contributed by atoms with E-state index in [0.29, 0.717) is 0 Å². The molecule has 0 atom stereocenters. The minimum absolute atomic E-state index is 0.0337. The summed E-state index contributed by atoms with van der Waals surface area (Å²) < 4.78 is 1.06. The van der Waals surface area contributed by atoms with E-state index in [1.54, 1.807) is 0 Å². The number of aryl methyl sites for hydroxylation is 4. The minimum Gasteiger partial charge on any atom is -0.310 e. The van der Waals surface area contributed by atoms with Gasteiger partial charge in [0.25, 0.3) is 0 Å². The van der Waals surface area contributed by atoms with Crippen molar-refractivity contribution in [3.05, 3.63) is 214 Å². The van der Waals surface area contributed by atoms with Crippen molar-refractivity contribution in [2.24, 2.45) is 0 Å². The molecule has 0 aliphatic rings. The fourth-order valence-corrected chi connectivity index (χ4v) is 9.94. The first-order chi connectivity index (χ1) is 31.1. The van der Waals surface area contributed by atoms with E-state index in [-0.39, 0.29) is 10.8 Å². The van der Waals surface area contributed by atoms with Gasteiger partial charge in [-0.05, 0) is 176 Å². The Kier molecular flexibility index (Phi) is 11.6. The van der Waals surface area contributed by atoms with Crippen LogP contribution in [0.15, 0.2) is 180 Å². The zero-order valence-electron chi connectivity index (χ0n) is 39.5. The quantitative estimate of drug-likeness (QED) is 0.150. The summed E-state index contributed by atoms with van der Waals surface area (Å²) in [6, 6.07) is 65.3. The van der Waals surface area contributed by atoms with Crippen LogP contribution in [0, 0.1) is 27.7 Å².